The van der Waals surface area contributed by atoms with Gasteiger partial charge in [-0.2, -0.15) is 0 Å². The van der Waals surface area contributed by atoms with Crippen LogP contribution in [0.5, 0.6) is 0 Å². The number of Topliss-reactive ketones (excluding diaryl/α,β-unsaturated/α-hetero) is 1. The number of nitrogens with zero attached hydrogens (tertiary/aromatic N) is 1. The molecule has 1 atom stereocenters. The second-order valence-corrected chi connectivity index (χ2v) is 5.67. The van der Waals surface area contributed by atoms with Gasteiger partial charge in [-0.1, -0.05) is 12.1 Å². The number of ether oxygens (including phenoxy) is 1. The Hall–Kier alpha value is -3.75. The van der Waals surface area contributed by atoms with Crippen LogP contribution >= 0.6 is 0 Å². The van der Waals surface area contributed by atoms with Crippen LogP contribution in [0.25, 0.3) is 0 Å². The Morgan fingerprint density at radius 2 is 1.81 bits per heavy atom. The first-order valence-electron chi connectivity index (χ1n) is 7.86. The first-order chi connectivity index (χ1) is 12.7. The molecule has 9 nitrogen and oxygen atoms in total. The van der Waals surface area contributed by atoms with Crippen molar-refractivity contribution in [1.82, 2.24) is 0 Å². The second-order valence-electron chi connectivity index (χ2n) is 5.67. The van der Waals surface area contributed by atoms with Crippen molar-refractivity contribution in [3.8, 4) is 0 Å². The number of hydrogen-bond donors (Lipinski definition) is 2. The predicted octanol–water partition coefficient (Wildman–Crippen LogP) is 2.56. The number of carbonyl (C=O) groups excluding carboxylic acids is 3. The van der Waals surface area contributed by atoms with Gasteiger partial charge in [0.05, 0.1) is 21.9 Å². The molecule has 27 heavy (non-hydrogen) atoms. The third-order valence-corrected chi connectivity index (χ3v) is 3.68. The molecule has 0 unspecified atom stereocenters. The van der Waals surface area contributed by atoms with Crippen molar-refractivity contribution >= 4 is 34.7 Å². The number of benzene rings is 2. The highest BCUT2D eigenvalue weighted by molar-refractivity contribution is 6.05. The van der Waals surface area contributed by atoms with Gasteiger partial charge in [-0.15, -0.1) is 0 Å². The number of nitro benzene ring substituents is 1. The van der Waals surface area contributed by atoms with Crippen LogP contribution in [-0.2, 0) is 9.53 Å². The van der Waals surface area contributed by atoms with Gasteiger partial charge in [0.25, 0.3) is 11.6 Å². The largest absolute Gasteiger partial charge is 0.449 e. The highest BCUT2D eigenvalue weighted by Gasteiger charge is 2.22. The minimum Gasteiger partial charge on any atom is -0.449 e. The minimum atomic E-state index is -1.19. The molecule has 0 heterocycles. The summed E-state index contributed by atoms with van der Waals surface area (Å²) in [4.78, 5) is 46.1. The van der Waals surface area contributed by atoms with E-state index in [0.717, 1.165) is 18.2 Å². The van der Waals surface area contributed by atoms with Crippen molar-refractivity contribution in [1.29, 1.82) is 0 Å². The topological polar surface area (TPSA) is 142 Å². The van der Waals surface area contributed by atoms with E-state index in [1.54, 1.807) is 24.3 Å². The molecule has 2 aromatic carbocycles. The molecule has 0 saturated heterocycles. The van der Waals surface area contributed by atoms with Crippen molar-refractivity contribution in [2.75, 3.05) is 11.1 Å². The van der Waals surface area contributed by atoms with E-state index in [1.165, 1.54) is 13.8 Å². The summed E-state index contributed by atoms with van der Waals surface area (Å²) in [5.74, 6) is -1.77. The molecule has 0 saturated carbocycles. The number of nitrogens with two attached hydrogens (primary N) is 1. The Balaban J connectivity index is 2.09. The zero-order valence-corrected chi connectivity index (χ0v) is 14.6. The van der Waals surface area contributed by atoms with Crippen molar-refractivity contribution < 1.29 is 24.0 Å². The molecule has 0 aliphatic rings. The first-order valence-corrected chi connectivity index (χ1v) is 7.86. The molecule has 0 aliphatic carbocycles. The summed E-state index contributed by atoms with van der Waals surface area (Å²) >= 11 is 0. The lowest BCUT2D eigenvalue weighted by Crippen LogP contribution is -2.30. The van der Waals surface area contributed by atoms with Crippen molar-refractivity contribution in [3.63, 3.8) is 0 Å². The SMILES string of the molecule is CC(=O)c1ccccc1NC(=O)[C@H](C)OC(=O)c1ccc([N+](=O)[O-])cc1N. The summed E-state index contributed by atoms with van der Waals surface area (Å²) in [6.07, 6.45) is -1.19. The van der Waals surface area contributed by atoms with E-state index in [0.29, 0.717) is 11.3 Å². The second kappa shape index (κ2) is 8.09. The standard InChI is InChI=1S/C18H17N3O6/c1-10(22)13-5-3-4-6-16(13)20-17(23)11(2)27-18(24)14-8-7-12(21(25)26)9-15(14)19/h3-9,11H,19H2,1-2H3,(H,20,23)/t11-/m0/s1. The maximum absolute atomic E-state index is 12.3. The zero-order chi connectivity index (χ0) is 20.1. The van der Waals surface area contributed by atoms with E-state index < -0.39 is 22.9 Å². The smallest absolute Gasteiger partial charge is 0.341 e. The molecule has 9 heteroatoms. The van der Waals surface area contributed by atoms with Gasteiger partial charge in [-0.25, -0.2) is 4.79 Å². The van der Waals surface area contributed by atoms with Crippen molar-refractivity contribution in [2.45, 2.75) is 20.0 Å². The summed E-state index contributed by atoms with van der Waals surface area (Å²) in [5.41, 5.74) is 5.77. The fraction of sp³-hybridized carbons (Fsp3) is 0.167. The average molecular weight is 371 g/mol. The van der Waals surface area contributed by atoms with E-state index in [2.05, 4.69) is 5.32 Å². The average Bonchev–Trinajstić information content (AvgIpc) is 2.61. The molecule has 1 amide bonds. The van der Waals surface area contributed by atoms with Crippen LogP contribution in [0.1, 0.15) is 34.6 Å². The lowest BCUT2D eigenvalue weighted by atomic mass is 10.1. The molecule has 2 rings (SSSR count). The highest BCUT2D eigenvalue weighted by atomic mass is 16.6. The Kier molecular flexibility index (Phi) is 5.86. The van der Waals surface area contributed by atoms with Crippen LogP contribution in [0.3, 0.4) is 0 Å². The lowest BCUT2D eigenvalue weighted by Gasteiger charge is -2.15. The summed E-state index contributed by atoms with van der Waals surface area (Å²) in [6.45, 7) is 2.72. The van der Waals surface area contributed by atoms with E-state index >= 15 is 0 Å². The number of rotatable bonds is 6. The Morgan fingerprint density at radius 1 is 1.15 bits per heavy atom. The van der Waals surface area contributed by atoms with Crippen LogP contribution in [0.2, 0.25) is 0 Å². The van der Waals surface area contributed by atoms with Crippen LogP contribution < -0.4 is 11.1 Å². The van der Waals surface area contributed by atoms with E-state index in [4.69, 9.17) is 10.5 Å². The molecule has 0 aliphatic heterocycles. The van der Waals surface area contributed by atoms with Gasteiger partial charge < -0.3 is 15.8 Å². The Bertz CT molecular complexity index is 925. The van der Waals surface area contributed by atoms with Crippen LogP contribution in [0, 0.1) is 10.1 Å². The monoisotopic (exact) mass is 371 g/mol. The number of hydrogen-bond acceptors (Lipinski definition) is 7. The van der Waals surface area contributed by atoms with Gasteiger partial charge in [0.1, 0.15) is 0 Å². The summed E-state index contributed by atoms with van der Waals surface area (Å²) in [5, 5.41) is 13.2. The number of para-hydroxylation sites is 1. The highest BCUT2D eigenvalue weighted by Crippen LogP contribution is 2.21. The maximum atomic E-state index is 12.3. The summed E-state index contributed by atoms with van der Waals surface area (Å²) in [6, 6.07) is 9.73. The third kappa shape index (κ3) is 4.66. The molecular weight excluding hydrogens is 354 g/mol. The van der Waals surface area contributed by atoms with E-state index in [-0.39, 0.29) is 22.7 Å². The fourth-order valence-electron chi connectivity index (χ4n) is 2.26. The van der Waals surface area contributed by atoms with Crippen LogP contribution in [0.4, 0.5) is 17.1 Å². The van der Waals surface area contributed by atoms with Gasteiger partial charge in [-0.3, -0.25) is 19.7 Å². The number of amides is 1. The summed E-state index contributed by atoms with van der Waals surface area (Å²) < 4.78 is 5.07. The molecule has 0 aromatic heterocycles. The number of ketones is 1. The molecule has 0 fully saturated rings. The van der Waals surface area contributed by atoms with Crippen LogP contribution in [-0.4, -0.2) is 28.7 Å². The summed E-state index contributed by atoms with van der Waals surface area (Å²) in [7, 11) is 0. The Morgan fingerprint density at radius 3 is 2.41 bits per heavy atom. The van der Waals surface area contributed by atoms with Gasteiger partial charge in [0.2, 0.25) is 0 Å². The normalized spacial score (nSPS) is 11.3. The molecule has 0 spiro atoms. The number of nitrogen functional groups attached to an aromatic ring is 1. The van der Waals surface area contributed by atoms with E-state index in [9.17, 15) is 24.5 Å². The number of nitrogens with one attached hydrogen (secondary N) is 1. The molecular formula is C18H17N3O6. The van der Waals surface area contributed by atoms with Gasteiger partial charge >= 0.3 is 5.97 Å². The third-order valence-electron chi connectivity index (χ3n) is 3.68. The molecule has 0 radical (unpaired) electrons. The number of non-ortho nitro benzene ring substituents is 1. The minimum absolute atomic E-state index is 0.0932. The van der Waals surface area contributed by atoms with Crippen molar-refractivity contribution in [3.05, 3.63) is 63.7 Å². The zero-order valence-electron chi connectivity index (χ0n) is 14.6. The van der Waals surface area contributed by atoms with Crippen molar-refractivity contribution in [2.24, 2.45) is 0 Å². The number of nitro groups is 1. The van der Waals surface area contributed by atoms with Crippen LogP contribution in [0.15, 0.2) is 42.5 Å². The molecule has 0 bridgehead atoms. The van der Waals surface area contributed by atoms with Gasteiger partial charge in [-0.05, 0) is 32.0 Å². The predicted molar refractivity (Wildman–Crippen MR) is 97.5 cm³/mol. The number of esters is 1. The number of anilines is 2. The Labute approximate surface area is 154 Å². The lowest BCUT2D eigenvalue weighted by molar-refractivity contribution is -0.384. The number of carbonyl (C=O) groups is 3. The molecule has 3 N–H and O–H groups in total. The fourth-order valence-corrected chi connectivity index (χ4v) is 2.26. The first kappa shape index (κ1) is 19.6. The van der Waals surface area contributed by atoms with Gasteiger partial charge in [0.15, 0.2) is 11.9 Å². The quantitative estimate of drug-likeness (QED) is 0.261. The molecule has 2 aromatic rings. The van der Waals surface area contributed by atoms with Gasteiger partial charge in [0, 0.05) is 17.7 Å². The van der Waals surface area contributed by atoms with E-state index in [1.807, 2.05) is 0 Å². The maximum Gasteiger partial charge on any atom is 0.341 e. The molecule has 140 valence electrons.